The summed E-state index contributed by atoms with van der Waals surface area (Å²) >= 11 is 0. The van der Waals surface area contributed by atoms with Crippen molar-refractivity contribution in [1.82, 2.24) is 5.32 Å². The van der Waals surface area contributed by atoms with Gasteiger partial charge in [0.05, 0.1) is 13.2 Å². The van der Waals surface area contributed by atoms with Crippen molar-refractivity contribution in [3.05, 3.63) is 0 Å². The summed E-state index contributed by atoms with van der Waals surface area (Å²) in [7, 11) is 2.97. The van der Waals surface area contributed by atoms with E-state index >= 15 is 0 Å². The number of aliphatic carboxylic acids is 1. The van der Waals surface area contributed by atoms with Gasteiger partial charge in [-0.3, -0.25) is 10.1 Å². The lowest BCUT2D eigenvalue weighted by atomic mass is 10.2. The Morgan fingerprint density at radius 3 is 2.33 bits per heavy atom. The highest BCUT2D eigenvalue weighted by atomic mass is 16.5. The zero-order valence-corrected chi connectivity index (χ0v) is 9.10. The largest absolute Gasteiger partial charge is 0.480 e. The first-order chi connectivity index (χ1) is 7.15. The second-order valence-corrected chi connectivity index (χ2v) is 3.18. The first-order valence-electron chi connectivity index (χ1n) is 4.73. The minimum Gasteiger partial charge on any atom is -0.480 e. The van der Waals surface area contributed by atoms with Crippen LogP contribution in [0.25, 0.3) is 0 Å². The van der Waals surface area contributed by atoms with Gasteiger partial charge < -0.3 is 19.7 Å². The summed E-state index contributed by atoms with van der Waals surface area (Å²) in [5, 5.41) is 20.5. The second kappa shape index (κ2) is 8.60. The van der Waals surface area contributed by atoms with E-state index in [1.165, 1.54) is 14.2 Å². The van der Waals surface area contributed by atoms with E-state index in [1.54, 1.807) is 0 Å². The fraction of sp³-hybridized carbons (Fsp3) is 0.889. The third-order valence-electron chi connectivity index (χ3n) is 1.91. The van der Waals surface area contributed by atoms with Crippen molar-refractivity contribution in [3.63, 3.8) is 0 Å². The van der Waals surface area contributed by atoms with Gasteiger partial charge in [0.2, 0.25) is 0 Å². The lowest BCUT2D eigenvalue weighted by Crippen LogP contribution is -2.48. The molecule has 0 saturated carbocycles. The molecule has 0 radical (unpaired) electrons. The van der Waals surface area contributed by atoms with Crippen LogP contribution in [0.5, 0.6) is 0 Å². The smallest absolute Gasteiger partial charge is 0.323 e. The van der Waals surface area contributed by atoms with Gasteiger partial charge in [0, 0.05) is 26.9 Å². The number of methoxy groups -OCH3 is 2. The molecular weight excluding hydrogens is 202 g/mol. The van der Waals surface area contributed by atoms with Gasteiger partial charge in [0.1, 0.15) is 6.04 Å². The van der Waals surface area contributed by atoms with E-state index in [9.17, 15) is 4.79 Å². The first kappa shape index (κ1) is 14.3. The number of nitrogens with one attached hydrogen (secondary N) is 1. The van der Waals surface area contributed by atoms with Gasteiger partial charge in [-0.25, -0.2) is 0 Å². The van der Waals surface area contributed by atoms with Crippen LogP contribution in [0.15, 0.2) is 0 Å². The summed E-state index contributed by atoms with van der Waals surface area (Å²) in [5.41, 5.74) is 0. The van der Waals surface area contributed by atoms with E-state index < -0.39 is 12.0 Å². The molecule has 0 saturated heterocycles. The summed E-state index contributed by atoms with van der Waals surface area (Å²) in [4.78, 5) is 10.8. The average Bonchev–Trinajstić information content (AvgIpc) is 2.17. The van der Waals surface area contributed by atoms with Crippen LogP contribution >= 0.6 is 0 Å². The zero-order valence-electron chi connectivity index (χ0n) is 9.10. The summed E-state index contributed by atoms with van der Waals surface area (Å²) in [6.07, 6.45) is 0.446. The number of ether oxygens (including phenoxy) is 2. The number of carboxylic acid groups (broad SMARTS) is 1. The Balaban J connectivity index is 4.12. The van der Waals surface area contributed by atoms with Crippen molar-refractivity contribution in [3.8, 4) is 0 Å². The van der Waals surface area contributed by atoms with E-state index in [-0.39, 0.29) is 19.3 Å². The molecule has 0 rings (SSSR count). The van der Waals surface area contributed by atoms with Crippen molar-refractivity contribution < 1.29 is 24.5 Å². The van der Waals surface area contributed by atoms with Crippen LogP contribution in [0.4, 0.5) is 0 Å². The molecule has 3 N–H and O–H groups in total. The lowest BCUT2D eigenvalue weighted by molar-refractivity contribution is -0.141. The van der Waals surface area contributed by atoms with Crippen LogP contribution in [0.1, 0.15) is 6.42 Å². The minimum atomic E-state index is -0.976. The molecule has 0 aromatic heterocycles. The van der Waals surface area contributed by atoms with Crippen molar-refractivity contribution in [1.29, 1.82) is 0 Å². The molecule has 15 heavy (non-hydrogen) atoms. The molecule has 6 nitrogen and oxygen atoms in total. The van der Waals surface area contributed by atoms with Crippen LogP contribution in [-0.4, -0.2) is 62.3 Å². The third-order valence-corrected chi connectivity index (χ3v) is 1.91. The Hall–Kier alpha value is -0.690. The highest BCUT2D eigenvalue weighted by Gasteiger charge is 2.20. The monoisotopic (exact) mass is 221 g/mol. The fourth-order valence-electron chi connectivity index (χ4n) is 1.21. The Morgan fingerprint density at radius 1 is 1.33 bits per heavy atom. The van der Waals surface area contributed by atoms with Crippen molar-refractivity contribution in [2.45, 2.75) is 18.5 Å². The van der Waals surface area contributed by atoms with E-state index in [2.05, 4.69) is 5.32 Å². The SMILES string of the molecule is COCC(CCO)NC(COC)C(=O)O. The van der Waals surface area contributed by atoms with Gasteiger partial charge in [0.15, 0.2) is 0 Å². The van der Waals surface area contributed by atoms with E-state index in [1.807, 2.05) is 0 Å². The van der Waals surface area contributed by atoms with Crippen LogP contribution in [-0.2, 0) is 14.3 Å². The second-order valence-electron chi connectivity index (χ2n) is 3.18. The maximum Gasteiger partial charge on any atom is 0.323 e. The standard InChI is InChI=1S/C9H19NO5/c1-14-5-7(3-4-11)10-8(6-15-2)9(12)13/h7-8,10-11H,3-6H2,1-2H3,(H,12,13). The predicted octanol–water partition coefficient (Wildman–Crippen LogP) is -0.927. The third kappa shape index (κ3) is 6.40. The van der Waals surface area contributed by atoms with E-state index in [4.69, 9.17) is 19.7 Å². The van der Waals surface area contributed by atoms with Gasteiger partial charge in [-0.15, -0.1) is 0 Å². The first-order valence-corrected chi connectivity index (χ1v) is 4.73. The number of carboxylic acids is 1. The number of aliphatic hydroxyl groups excluding tert-OH is 1. The van der Waals surface area contributed by atoms with E-state index in [0.29, 0.717) is 13.0 Å². The molecule has 0 aliphatic heterocycles. The molecule has 2 atom stereocenters. The highest BCUT2D eigenvalue weighted by Crippen LogP contribution is 1.96. The van der Waals surface area contributed by atoms with Crippen LogP contribution in [0.3, 0.4) is 0 Å². The number of carbonyl (C=O) groups is 1. The topological polar surface area (TPSA) is 88.0 Å². The fourth-order valence-corrected chi connectivity index (χ4v) is 1.21. The Kier molecular flexibility index (Phi) is 8.21. The van der Waals surface area contributed by atoms with Crippen LogP contribution in [0, 0.1) is 0 Å². The van der Waals surface area contributed by atoms with E-state index in [0.717, 1.165) is 0 Å². The summed E-state index contributed by atoms with van der Waals surface area (Å²) < 4.78 is 9.68. The van der Waals surface area contributed by atoms with Crippen molar-refractivity contribution >= 4 is 5.97 Å². The Morgan fingerprint density at radius 2 is 1.93 bits per heavy atom. The molecule has 0 aromatic carbocycles. The van der Waals surface area contributed by atoms with Gasteiger partial charge >= 0.3 is 5.97 Å². The quantitative estimate of drug-likeness (QED) is 0.466. The average molecular weight is 221 g/mol. The van der Waals surface area contributed by atoms with Crippen molar-refractivity contribution in [2.24, 2.45) is 0 Å². The normalized spacial score (nSPS) is 14.9. The zero-order chi connectivity index (χ0) is 11.7. The summed E-state index contributed by atoms with van der Waals surface area (Å²) in [5.74, 6) is -0.976. The lowest BCUT2D eigenvalue weighted by Gasteiger charge is -2.21. The molecular formula is C9H19NO5. The Bertz CT molecular complexity index is 170. The van der Waals surface area contributed by atoms with Gasteiger partial charge in [0.25, 0.3) is 0 Å². The van der Waals surface area contributed by atoms with Crippen LogP contribution < -0.4 is 5.32 Å². The molecule has 0 bridgehead atoms. The molecule has 0 aliphatic carbocycles. The van der Waals surface area contributed by atoms with Gasteiger partial charge in [-0.2, -0.15) is 0 Å². The molecule has 0 aliphatic rings. The minimum absolute atomic E-state index is 0.0135. The van der Waals surface area contributed by atoms with Crippen LogP contribution in [0.2, 0.25) is 0 Å². The van der Waals surface area contributed by atoms with Gasteiger partial charge in [-0.1, -0.05) is 0 Å². The summed E-state index contributed by atoms with van der Waals surface area (Å²) in [6, 6.07) is -0.960. The molecule has 2 unspecified atom stereocenters. The number of rotatable bonds is 9. The van der Waals surface area contributed by atoms with Crippen molar-refractivity contribution in [2.75, 3.05) is 34.0 Å². The number of hydrogen-bond donors (Lipinski definition) is 3. The maximum absolute atomic E-state index is 10.8. The molecule has 0 amide bonds. The van der Waals surface area contributed by atoms with Gasteiger partial charge in [-0.05, 0) is 6.42 Å². The predicted molar refractivity (Wildman–Crippen MR) is 53.8 cm³/mol. The number of aliphatic hydroxyl groups is 1. The molecule has 0 spiro atoms. The molecule has 90 valence electrons. The molecule has 6 heteroatoms. The molecule has 0 heterocycles. The Labute approximate surface area is 89.2 Å². The molecule has 0 fully saturated rings. The molecule has 0 aromatic rings. The maximum atomic E-state index is 10.8. The highest BCUT2D eigenvalue weighted by molar-refractivity contribution is 5.73. The number of hydrogen-bond acceptors (Lipinski definition) is 5. The summed E-state index contributed by atoms with van der Waals surface area (Å²) in [6.45, 7) is 0.426.